The van der Waals surface area contributed by atoms with E-state index in [9.17, 15) is 14.0 Å². The molecule has 1 aromatic heterocycles. The highest BCUT2D eigenvalue weighted by atomic mass is 35.5. The highest BCUT2D eigenvalue weighted by Gasteiger charge is 2.26. The summed E-state index contributed by atoms with van der Waals surface area (Å²) in [5, 5.41) is 9.65. The Kier molecular flexibility index (Phi) is 9.30. The van der Waals surface area contributed by atoms with Gasteiger partial charge in [-0.3, -0.25) is 4.79 Å². The van der Waals surface area contributed by atoms with Crippen LogP contribution >= 0.6 is 35.2 Å². The molecule has 0 aliphatic carbocycles. The van der Waals surface area contributed by atoms with Crippen molar-refractivity contribution in [3.63, 3.8) is 0 Å². The second kappa shape index (κ2) is 12.6. The van der Waals surface area contributed by atoms with Crippen LogP contribution in [0.15, 0.2) is 47.8 Å². The number of ether oxygens (including phenoxy) is 1. The summed E-state index contributed by atoms with van der Waals surface area (Å²) in [4.78, 5) is 31.5. The monoisotopic (exact) mass is 574 g/mol. The molecule has 1 saturated heterocycles. The second-order valence-electron chi connectivity index (χ2n) is 8.91. The van der Waals surface area contributed by atoms with Crippen molar-refractivity contribution in [2.75, 3.05) is 25.0 Å². The van der Waals surface area contributed by atoms with Crippen molar-refractivity contribution in [3.8, 4) is 11.1 Å². The van der Waals surface area contributed by atoms with Crippen molar-refractivity contribution in [3.05, 3.63) is 69.4 Å². The van der Waals surface area contributed by atoms with Gasteiger partial charge in [-0.15, -0.1) is 11.3 Å². The molecule has 11 heteroatoms. The molecule has 1 unspecified atom stereocenters. The fraction of sp³-hybridized carbons (Fsp3) is 0.333. The number of esters is 1. The number of nitrogens with one attached hydrogen (secondary N) is 2. The Labute approximate surface area is 235 Å². The Bertz CT molecular complexity index is 1310. The zero-order chi connectivity index (χ0) is 27.2. The first-order chi connectivity index (χ1) is 18.2. The Morgan fingerprint density at radius 1 is 1.24 bits per heavy atom. The van der Waals surface area contributed by atoms with Crippen LogP contribution in [0.4, 0.5) is 10.1 Å². The maximum atomic E-state index is 14.0. The Morgan fingerprint density at radius 2 is 1.95 bits per heavy atom. The summed E-state index contributed by atoms with van der Waals surface area (Å²) in [6.07, 6.45) is 1.64. The van der Waals surface area contributed by atoms with Crippen molar-refractivity contribution in [1.29, 1.82) is 0 Å². The van der Waals surface area contributed by atoms with Crippen molar-refractivity contribution in [2.45, 2.75) is 38.6 Å². The lowest BCUT2D eigenvalue weighted by Gasteiger charge is -2.33. The van der Waals surface area contributed by atoms with Gasteiger partial charge in [-0.05, 0) is 74.8 Å². The quantitative estimate of drug-likeness (QED) is 0.270. The molecule has 2 aromatic carbocycles. The molecule has 1 aliphatic rings. The maximum absolute atomic E-state index is 14.0. The first-order valence-electron chi connectivity index (χ1n) is 12.3. The number of anilines is 1. The lowest BCUT2D eigenvalue weighted by atomic mass is 9.98. The lowest BCUT2D eigenvalue weighted by Crippen LogP contribution is -2.49. The van der Waals surface area contributed by atoms with Crippen LogP contribution < -0.4 is 10.6 Å². The fourth-order valence-corrected chi connectivity index (χ4v) is 5.65. The lowest BCUT2D eigenvalue weighted by molar-refractivity contribution is -0.144. The van der Waals surface area contributed by atoms with Gasteiger partial charge in [0.1, 0.15) is 17.6 Å². The predicted molar refractivity (Wildman–Crippen MR) is 152 cm³/mol. The van der Waals surface area contributed by atoms with Gasteiger partial charge < -0.3 is 20.3 Å². The van der Waals surface area contributed by atoms with Gasteiger partial charge in [0.15, 0.2) is 5.11 Å². The van der Waals surface area contributed by atoms with E-state index < -0.39 is 11.9 Å². The van der Waals surface area contributed by atoms with Crippen LogP contribution in [0.5, 0.6) is 0 Å². The number of nitrogens with zero attached hydrogens (tertiary/aromatic N) is 2. The molecule has 2 N–H and O–H groups in total. The van der Waals surface area contributed by atoms with E-state index in [1.54, 1.807) is 49.6 Å². The number of thiazole rings is 1. The normalized spacial score (nSPS) is 14.6. The first kappa shape index (κ1) is 27.9. The van der Waals surface area contributed by atoms with E-state index >= 15 is 0 Å². The van der Waals surface area contributed by atoms with E-state index in [2.05, 4.69) is 15.6 Å². The van der Waals surface area contributed by atoms with Crippen LogP contribution in [-0.2, 0) is 9.53 Å². The number of piperidine rings is 1. The number of hydrogen-bond donors (Lipinski definition) is 2. The molecule has 7 nitrogen and oxygen atoms in total. The van der Waals surface area contributed by atoms with Crippen molar-refractivity contribution < 1.29 is 18.7 Å². The smallest absolute Gasteiger partial charge is 0.328 e. The minimum Gasteiger partial charge on any atom is -0.464 e. The van der Waals surface area contributed by atoms with Gasteiger partial charge in [0, 0.05) is 40.7 Å². The summed E-state index contributed by atoms with van der Waals surface area (Å²) >= 11 is 12.9. The third-order valence-corrected chi connectivity index (χ3v) is 7.89. The van der Waals surface area contributed by atoms with Gasteiger partial charge in [-0.1, -0.05) is 23.7 Å². The van der Waals surface area contributed by atoms with Crippen LogP contribution in [0.25, 0.3) is 11.1 Å². The van der Waals surface area contributed by atoms with E-state index in [-0.39, 0.29) is 17.8 Å². The molecule has 1 atom stereocenters. The average molecular weight is 575 g/mol. The Balaban J connectivity index is 1.36. The third-order valence-electron chi connectivity index (χ3n) is 6.25. The zero-order valence-corrected chi connectivity index (χ0v) is 23.4. The number of carbonyl (C=O) groups excluding carboxylic acids is 2. The molecule has 0 radical (unpaired) electrons. The van der Waals surface area contributed by atoms with E-state index in [4.69, 9.17) is 28.6 Å². The average Bonchev–Trinajstić information content (AvgIpc) is 3.41. The second-order valence-corrected chi connectivity index (χ2v) is 10.6. The van der Waals surface area contributed by atoms with E-state index in [1.807, 2.05) is 4.90 Å². The Hall–Kier alpha value is -3.08. The number of benzene rings is 2. The van der Waals surface area contributed by atoms with Crippen LogP contribution in [0.3, 0.4) is 0 Å². The fourth-order valence-electron chi connectivity index (χ4n) is 4.19. The van der Waals surface area contributed by atoms with Gasteiger partial charge in [0.25, 0.3) is 5.91 Å². The molecule has 0 bridgehead atoms. The molecule has 1 aliphatic heterocycles. The molecular weight excluding hydrogens is 547 g/mol. The summed E-state index contributed by atoms with van der Waals surface area (Å²) in [6.45, 7) is 5.25. The number of rotatable bonds is 7. The molecule has 4 rings (SSSR count). The number of aromatic nitrogens is 1. The standard InChI is InChI=1S/C27H28ClFN4O3S2/c1-3-36-26(35)16(2)30-27(37)33-12-10-18(11-13-33)25-32-23(15-38-25)24(34)31-22-9-8-20(29)14-21(22)17-4-6-19(28)7-5-17/h4-9,14-16,18H,3,10-13H2,1-2H3,(H,30,37)(H,31,34). The van der Waals surface area contributed by atoms with Gasteiger partial charge in [-0.25, -0.2) is 14.2 Å². The number of thiocarbonyl (C=S) groups is 1. The molecule has 200 valence electrons. The molecule has 1 amide bonds. The maximum Gasteiger partial charge on any atom is 0.328 e. The summed E-state index contributed by atoms with van der Waals surface area (Å²) in [7, 11) is 0. The number of carbonyl (C=O) groups is 2. The van der Waals surface area contributed by atoms with Crippen LogP contribution in [0, 0.1) is 5.82 Å². The van der Waals surface area contributed by atoms with Gasteiger partial charge in [-0.2, -0.15) is 0 Å². The molecule has 38 heavy (non-hydrogen) atoms. The highest BCUT2D eigenvalue weighted by molar-refractivity contribution is 7.80. The van der Waals surface area contributed by atoms with Crippen molar-refractivity contribution in [1.82, 2.24) is 15.2 Å². The molecular formula is C27H28ClFN4O3S2. The van der Waals surface area contributed by atoms with E-state index in [0.717, 1.165) is 23.4 Å². The van der Waals surface area contributed by atoms with Gasteiger partial charge >= 0.3 is 5.97 Å². The Morgan fingerprint density at radius 3 is 2.63 bits per heavy atom. The van der Waals surface area contributed by atoms with E-state index in [0.29, 0.717) is 46.8 Å². The van der Waals surface area contributed by atoms with Gasteiger partial charge in [0.2, 0.25) is 0 Å². The van der Waals surface area contributed by atoms with Crippen LogP contribution in [0.2, 0.25) is 5.02 Å². The predicted octanol–water partition coefficient (Wildman–Crippen LogP) is 5.86. The minimum atomic E-state index is -0.512. The van der Waals surface area contributed by atoms with Crippen molar-refractivity contribution >= 4 is 57.8 Å². The summed E-state index contributed by atoms with van der Waals surface area (Å²) in [6, 6.07) is 10.7. The summed E-state index contributed by atoms with van der Waals surface area (Å²) in [5.41, 5.74) is 2.09. The minimum absolute atomic E-state index is 0.207. The highest BCUT2D eigenvalue weighted by Crippen LogP contribution is 2.32. The molecule has 0 saturated carbocycles. The molecule has 3 aromatic rings. The SMILES string of the molecule is CCOC(=O)C(C)NC(=S)N1CCC(c2nc(C(=O)Nc3ccc(F)cc3-c3ccc(Cl)cc3)cs2)CC1. The third kappa shape index (κ3) is 6.86. The van der Waals surface area contributed by atoms with Crippen molar-refractivity contribution in [2.24, 2.45) is 0 Å². The number of amides is 1. The zero-order valence-electron chi connectivity index (χ0n) is 21.0. The van der Waals surface area contributed by atoms with E-state index in [1.165, 1.54) is 23.5 Å². The summed E-state index contributed by atoms with van der Waals surface area (Å²) in [5.74, 6) is -0.886. The van der Waals surface area contributed by atoms with Crippen LogP contribution in [-0.4, -0.2) is 52.6 Å². The number of likely N-dealkylation sites (tertiary alicyclic amines) is 1. The topological polar surface area (TPSA) is 83.6 Å². The molecule has 2 heterocycles. The summed E-state index contributed by atoms with van der Waals surface area (Å²) < 4.78 is 19.0. The van der Waals surface area contributed by atoms with Crippen LogP contribution in [0.1, 0.15) is 48.1 Å². The number of hydrogen-bond acceptors (Lipinski definition) is 6. The largest absolute Gasteiger partial charge is 0.464 e. The molecule has 1 fully saturated rings. The van der Waals surface area contributed by atoms with Gasteiger partial charge in [0.05, 0.1) is 11.6 Å². The molecule has 0 spiro atoms. The number of halogens is 2. The first-order valence-corrected chi connectivity index (χ1v) is 14.0.